The molecule has 0 spiro atoms. The van der Waals surface area contributed by atoms with Gasteiger partial charge in [0.15, 0.2) is 6.29 Å². The van der Waals surface area contributed by atoms with Gasteiger partial charge in [-0.15, -0.1) is 0 Å². The second kappa shape index (κ2) is 4.96. The zero-order valence-corrected chi connectivity index (χ0v) is 9.70. The lowest BCUT2D eigenvalue weighted by Crippen LogP contribution is -2.31. The van der Waals surface area contributed by atoms with Gasteiger partial charge < -0.3 is 4.90 Å². The smallest absolute Gasteiger partial charge is 0.356 e. The van der Waals surface area contributed by atoms with Crippen LogP contribution in [0.3, 0.4) is 0 Å². The summed E-state index contributed by atoms with van der Waals surface area (Å²) in [5.41, 5.74) is -0.737. The maximum Gasteiger partial charge on any atom is 0.433 e. The molecule has 0 N–H and O–H groups in total. The molecule has 1 aliphatic heterocycles. The topological polar surface area (TPSA) is 33.2 Å². The van der Waals surface area contributed by atoms with E-state index in [1.165, 1.54) is 6.07 Å². The maximum absolute atomic E-state index is 12.6. The zero-order valence-electron chi connectivity index (χ0n) is 9.70. The lowest BCUT2D eigenvalue weighted by atomic mass is 10.1. The number of pyridine rings is 1. The van der Waals surface area contributed by atoms with E-state index in [1.807, 2.05) is 0 Å². The maximum atomic E-state index is 12.6. The Morgan fingerprint density at radius 3 is 2.39 bits per heavy atom. The average Bonchev–Trinajstić information content (AvgIpc) is 2.38. The minimum Gasteiger partial charge on any atom is -0.356 e. The molecule has 1 aromatic rings. The number of aldehydes is 1. The summed E-state index contributed by atoms with van der Waals surface area (Å²) < 4.78 is 37.8. The van der Waals surface area contributed by atoms with E-state index in [0.29, 0.717) is 19.4 Å². The number of carbonyl (C=O) groups is 1. The van der Waals surface area contributed by atoms with Crippen molar-refractivity contribution in [3.63, 3.8) is 0 Å². The van der Waals surface area contributed by atoms with Gasteiger partial charge in [-0.1, -0.05) is 0 Å². The fraction of sp³-hybridized carbons (Fsp3) is 0.500. The Hall–Kier alpha value is -1.59. The summed E-state index contributed by atoms with van der Waals surface area (Å²) in [7, 11) is 0. The van der Waals surface area contributed by atoms with Crippen LogP contribution in [-0.2, 0) is 6.18 Å². The molecule has 1 aliphatic rings. The van der Waals surface area contributed by atoms with Crippen molar-refractivity contribution in [2.45, 2.75) is 25.4 Å². The molecule has 0 amide bonds. The molecule has 0 saturated carbocycles. The highest BCUT2D eigenvalue weighted by molar-refractivity contribution is 5.83. The summed E-state index contributed by atoms with van der Waals surface area (Å²) in [5.74, 6) is 0.152. The minimum absolute atomic E-state index is 0.152. The quantitative estimate of drug-likeness (QED) is 0.765. The van der Waals surface area contributed by atoms with Crippen molar-refractivity contribution < 1.29 is 18.0 Å². The van der Waals surface area contributed by atoms with E-state index in [2.05, 4.69) is 4.98 Å². The number of piperidine rings is 1. The van der Waals surface area contributed by atoms with Gasteiger partial charge in [0.05, 0.1) is 5.56 Å². The van der Waals surface area contributed by atoms with Crippen molar-refractivity contribution in [3.8, 4) is 0 Å². The molecule has 98 valence electrons. The first-order valence-electron chi connectivity index (χ1n) is 5.81. The van der Waals surface area contributed by atoms with Crippen molar-refractivity contribution in [1.29, 1.82) is 0 Å². The SMILES string of the molecule is O=Cc1ccc(C(F)(F)F)nc1N1CCCCC1. The number of rotatable bonds is 2. The third-order valence-corrected chi connectivity index (χ3v) is 2.98. The number of alkyl halides is 3. The third-order valence-electron chi connectivity index (χ3n) is 2.98. The Balaban J connectivity index is 2.38. The van der Waals surface area contributed by atoms with Crippen molar-refractivity contribution >= 4 is 12.1 Å². The van der Waals surface area contributed by atoms with Crippen molar-refractivity contribution in [2.24, 2.45) is 0 Å². The summed E-state index contributed by atoms with van der Waals surface area (Å²) in [6.07, 6.45) is -1.04. The van der Waals surface area contributed by atoms with Crippen LogP contribution in [0, 0.1) is 0 Å². The third kappa shape index (κ3) is 2.63. The molecule has 6 heteroatoms. The van der Waals surface area contributed by atoms with Crippen molar-refractivity contribution in [1.82, 2.24) is 4.98 Å². The summed E-state index contributed by atoms with van der Waals surface area (Å²) in [4.78, 5) is 16.2. The van der Waals surface area contributed by atoms with Crippen molar-refractivity contribution in [3.05, 3.63) is 23.4 Å². The van der Waals surface area contributed by atoms with Crippen LogP contribution >= 0.6 is 0 Å². The Bertz CT molecular complexity index is 439. The van der Waals surface area contributed by atoms with E-state index in [9.17, 15) is 18.0 Å². The normalized spacial score (nSPS) is 16.7. The molecule has 0 unspecified atom stereocenters. The molecular weight excluding hydrogens is 245 g/mol. The van der Waals surface area contributed by atoms with E-state index in [4.69, 9.17) is 0 Å². The largest absolute Gasteiger partial charge is 0.433 e. The van der Waals surface area contributed by atoms with Gasteiger partial charge in [-0.2, -0.15) is 13.2 Å². The van der Waals surface area contributed by atoms with Gasteiger partial charge in [0.2, 0.25) is 0 Å². The predicted octanol–water partition coefficient (Wildman–Crippen LogP) is 2.90. The van der Waals surface area contributed by atoms with Gasteiger partial charge in [-0.25, -0.2) is 4.98 Å². The fourth-order valence-electron chi connectivity index (χ4n) is 2.07. The van der Waals surface area contributed by atoms with Crippen molar-refractivity contribution in [2.75, 3.05) is 18.0 Å². The average molecular weight is 258 g/mol. The molecule has 18 heavy (non-hydrogen) atoms. The molecule has 0 bridgehead atoms. The van der Waals surface area contributed by atoms with Gasteiger partial charge in [-0.3, -0.25) is 4.79 Å². The number of aromatic nitrogens is 1. The highest BCUT2D eigenvalue weighted by Gasteiger charge is 2.33. The molecule has 2 heterocycles. The fourth-order valence-corrected chi connectivity index (χ4v) is 2.07. The first-order valence-corrected chi connectivity index (χ1v) is 5.81. The molecule has 0 radical (unpaired) electrons. The molecule has 0 aliphatic carbocycles. The molecular formula is C12H13F3N2O. The van der Waals surface area contributed by atoms with Crippen LogP contribution in [-0.4, -0.2) is 24.4 Å². The molecule has 1 saturated heterocycles. The van der Waals surface area contributed by atoms with Gasteiger partial charge in [-0.05, 0) is 31.4 Å². The van der Waals surface area contributed by atoms with Gasteiger partial charge in [0, 0.05) is 13.1 Å². The Morgan fingerprint density at radius 2 is 1.83 bits per heavy atom. The number of hydrogen-bond donors (Lipinski definition) is 0. The summed E-state index contributed by atoms with van der Waals surface area (Å²) in [5, 5.41) is 0. The molecule has 1 fully saturated rings. The van der Waals surface area contributed by atoms with Gasteiger partial charge >= 0.3 is 6.18 Å². The van der Waals surface area contributed by atoms with Gasteiger partial charge in [0.1, 0.15) is 11.5 Å². The molecule has 0 aromatic carbocycles. The lowest BCUT2D eigenvalue weighted by molar-refractivity contribution is -0.141. The minimum atomic E-state index is -4.48. The summed E-state index contributed by atoms with van der Waals surface area (Å²) in [6, 6.07) is 2.03. The van der Waals surface area contributed by atoms with Crippen LogP contribution in [0.2, 0.25) is 0 Å². The Labute approximate surface area is 103 Å². The zero-order chi connectivity index (χ0) is 13.2. The van der Waals surface area contributed by atoms with Gasteiger partial charge in [0.25, 0.3) is 0 Å². The van der Waals surface area contributed by atoms with E-state index < -0.39 is 11.9 Å². The molecule has 3 nitrogen and oxygen atoms in total. The van der Waals surface area contributed by atoms with Crippen LogP contribution in [0.4, 0.5) is 19.0 Å². The molecule has 2 rings (SSSR count). The second-order valence-electron chi connectivity index (χ2n) is 4.27. The first kappa shape index (κ1) is 12.9. The van der Waals surface area contributed by atoms with E-state index in [0.717, 1.165) is 25.3 Å². The van der Waals surface area contributed by atoms with Crippen LogP contribution in [0.1, 0.15) is 35.3 Å². The second-order valence-corrected chi connectivity index (χ2v) is 4.27. The number of halogens is 3. The number of anilines is 1. The highest BCUT2D eigenvalue weighted by Crippen LogP contribution is 2.30. The predicted molar refractivity (Wildman–Crippen MR) is 60.7 cm³/mol. The van der Waals surface area contributed by atoms with Crippen LogP contribution in [0.25, 0.3) is 0 Å². The van der Waals surface area contributed by atoms with Crippen LogP contribution in [0.15, 0.2) is 12.1 Å². The Kier molecular flexibility index (Phi) is 3.54. The molecule has 1 aromatic heterocycles. The van der Waals surface area contributed by atoms with Crippen LogP contribution in [0.5, 0.6) is 0 Å². The number of hydrogen-bond acceptors (Lipinski definition) is 3. The van der Waals surface area contributed by atoms with E-state index in [-0.39, 0.29) is 11.4 Å². The van der Waals surface area contributed by atoms with Crippen LogP contribution < -0.4 is 4.90 Å². The Morgan fingerprint density at radius 1 is 1.17 bits per heavy atom. The first-order chi connectivity index (χ1) is 8.52. The van der Waals surface area contributed by atoms with E-state index in [1.54, 1.807) is 4.90 Å². The summed E-state index contributed by atoms with van der Waals surface area (Å²) in [6.45, 7) is 1.30. The molecule has 0 atom stereocenters. The standard InChI is InChI=1S/C12H13F3N2O/c13-12(14,15)10-5-4-9(8-18)11(16-10)17-6-2-1-3-7-17/h4-5,8H,1-3,6-7H2. The lowest BCUT2D eigenvalue weighted by Gasteiger charge is -2.29. The summed E-state index contributed by atoms with van der Waals surface area (Å²) >= 11 is 0. The number of carbonyl (C=O) groups excluding carboxylic acids is 1. The monoisotopic (exact) mass is 258 g/mol. The highest BCUT2D eigenvalue weighted by atomic mass is 19.4. The van der Waals surface area contributed by atoms with E-state index >= 15 is 0 Å². The number of nitrogens with zero attached hydrogens (tertiary/aromatic N) is 2.